The molecule has 0 aromatic heterocycles. The summed E-state index contributed by atoms with van der Waals surface area (Å²) in [6, 6.07) is 6.88. The van der Waals surface area contributed by atoms with Gasteiger partial charge in [-0.15, -0.1) is 0 Å². The lowest BCUT2D eigenvalue weighted by molar-refractivity contribution is -0.152. The summed E-state index contributed by atoms with van der Waals surface area (Å²) in [5, 5.41) is 21.2. The van der Waals surface area contributed by atoms with Crippen molar-refractivity contribution in [3.63, 3.8) is 0 Å². The van der Waals surface area contributed by atoms with E-state index in [0.29, 0.717) is 5.56 Å². The van der Waals surface area contributed by atoms with Crippen LogP contribution in [0.3, 0.4) is 0 Å². The van der Waals surface area contributed by atoms with Gasteiger partial charge < -0.3 is 20.3 Å². The third kappa shape index (κ3) is 8.20. The van der Waals surface area contributed by atoms with Crippen LogP contribution in [0.4, 0.5) is 4.79 Å². The molecule has 2 amide bonds. The maximum Gasteiger partial charge on any atom is 0.410 e. The van der Waals surface area contributed by atoms with Crippen LogP contribution in [0.2, 0.25) is 0 Å². The van der Waals surface area contributed by atoms with Gasteiger partial charge in [-0.25, -0.2) is 9.59 Å². The number of carbonyl (C=O) groups is 4. The molecule has 9 nitrogen and oxygen atoms in total. The second-order valence-corrected chi connectivity index (χ2v) is 7.51. The summed E-state index contributed by atoms with van der Waals surface area (Å²) in [4.78, 5) is 48.9. The maximum atomic E-state index is 12.4. The highest BCUT2D eigenvalue weighted by Crippen LogP contribution is 2.15. The van der Waals surface area contributed by atoms with Crippen LogP contribution in [0.1, 0.15) is 33.3 Å². The first kappa shape index (κ1) is 23.9. The topological polar surface area (TPSA) is 133 Å². The van der Waals surface area contributed by atoms with Crippen LogP contribution in [-0.4, -0.2) is 63.8 Å². The number of aliphatic carboxylic acids is 2. The summed E-state index contributed by atoms with van der Waals surface area (Å²) in [6.45, 7) is 6.39. The molecule has 0 heterocycles. The maximum absolute atomic E-state index is 12.4. The highest BCUT2D eigenvalue weighted by atomic mass is 16.6. The van der Waals surface area contributed by atoms with Gasteiger partial charge in [-0.3, -0.25) is 14.5 Å². The highest BCUT2D eigenvalue weighted by molar-refractivity contribution is 5.90. The minimum absolute atomic E-state index is 0.0724. The Kier molecular flexibility index (Phi) is 8.62. The average Bonchev–Trinajstić information content (AvgIpc) is 2.61. The van der Waals surface area contributed by atoms with Crippen LogP contribution in [0.5, 0.6) is 0 Å². The molecule has 0 aliphatic carbocycles. The van der Waals surface area contributed by atoms with Gasteiger partial charge in [0.2, 0.25) is 5.91 Å². The summed E-state index contributed by atoms with van der Waals surface area (Å²) in [5.74, 6) is -4.98. The number of benzene rings is 1. The molecule has 2 atom stereocenters. The largest absolute Gasteiger partial charge is 0.481 e. The van der Waals surface area contributed by atoms with Gasteiger partial charge in [0.15, 0.2) is 0 Å². The molecular formula is C20H28N2O7. The first-order chi connectivity index (χ1) is 13.4. The third-order valence-corrected chi connectivity index (χ3v) is 3.97. The van der Waals surface area contributed by atoms with Gasteiger partial charge in [-0.05, 0) is 39.7 Å². The molecule has 0 fully saturated rings. The SMILES string of the molecule is CCN(CC(=O)N[C@H](C(=O)O)C(Cc1ccccc1)C(=O)O)C(=O)OC(C)(C)C. The molecular weight excluding hydrogens is 380 g/mol. The molecule has 0 bridgehead atoms. The number of nitrogens with one attached hydrogen (secondary N) is 1. The Morgan fingerprint density at radius 3 is 2.10 bits per heavy atom. The van der Waals surface area contributed by atoms with E-state index in [1.807, 2.05) is 0 Å². The molecule has 29 heavy (non-hydrogen) atoms. The Morgan fingerprint density at radius 2 is 1.66 bits per heavy atom. The zero-order valence-electron chi connectivity index (χ0n) is 17.0. The fourth-order valence-corrected chi connectivity index (χ4v) is 2.57. The molecule has 1 unspecified atom stereocenters. The van der Waals surface area contributed by atoms with Gasteiger partial charge in [-0.1, -0.05) is 30.3 Å². The minimum atomic E-state index is -1.66. The number of rotatable bonds is 9. The Balaban J connectivity index is 2.89. The van der Waals surface area contributed by atoms with Gasteiger partial charge in [0.05, 0.1) is 5.92 Å². The van der Waals surface area contributed by atoms with Crippen molar-refractivity contribution in [2.24, 2.45) is 5.92 Å². The molecule has 0 saturated carbocycles. The zero-order chi connectivity index (χ0) is 22.2. The van der Waals surface area contributed by atoms with Crippen molar-refractivity contribution >= 4 is 23.9 Å². The van der Waals surface area contributed by atoms with E-state index in [4.69, 9.17) is 4.74 Å². The Bertz CT molecular complexity index is 728. The van der Waals surface area contributed by atoms with E-state index in [1.54, 1.807) is 58.0 Å². The predicted molar refractivity (Wildman–Crippen MR) is 104 cm³/mol. The fraction of sp³-hybridized carbons (Fsp3) is 0.500. The number of carboxylic acids is 2. The first-order valence-electron chi connectivity index (χ1n) is 9.21. The molecule has 1 aromatic rings. The van der Waals surface area contributed by atoms with Gasteiger partial charge >= 0.3 is 18.0 Å². The van der Waals surface area contributed by atoms with Gasteiger partial charge in [-0.2, -0.15) is 0 Å². The van der Waals surface area contributed by atoms with E-state index in [1.165, 1.54) is 0 Å². The average molecular weight is 408 g/mol. The number of carboxylic acid groups (broad SMARTS) is 2. The van der Waals surface area contributed by atoms with Gasteiger partial charge in [0, 0.05) is 6.54 Å². The number of hydrogen-bond acceptors (Lipinski definition) is 5. The van der Waals surface area contributed by atoms with E-state index in [-0.39, 0.29) is 13.0 Å². The zero-order valence-corrected chi connectivity index (χ0v) is 17.0. The number of carbonyl (C=O) groups excluding carboxylic acids is 2. The van der Waals surface area contributed by atoms with Crippen LogP contribution in [-0.2, 0) is 25.5 Å². The van der Waals surface area contributed by atoms with Crippen molar-refractivity contribution in [2.75, 3.05) is 13.1 Å². The standard InChI is InChI=1S/C20H28N2O7/c1-5-22(19(28)29-20(2,3)4)12-15(23)21-16(18(26)27)14(17(24)25)11-13-9-7-6-8-10-13/h6-10,14,16H,5,11-12H2,1-4H3,(H,21,23)(H,24,25)(H,26,27)/t14?,16-/m0/s1. The summed E-state index contributed by atoms with van der Waals surface area (Å²) < 4.78 is 5.21. The predicted octanol–water partition coefficient (Wildman–Crippen LogP) is 1.76. The highest BCUT2D eigenvalue weighted by Gasteiger charge is 2.35. The Labute approximate surface area is 169 Å². The molecule has 160 valence electrons. The van der Waals surface area contributed by atoms with Crippen LogP contribution < -0.4 is 5.32 Å². The second kappa shape index (κ2) is 10.4. The summed E-state index contributed by atoms with van der Waals surface area (Å²) in [5.41, 5.74) is -0.126. The lowest BCUT2D eigenvalue weighted by atomic mass is 9.92. The van der Waals surface area contributed by atoms with E-state index in [9.17, 15) is 29.4 Å². The molecule has 1 rings (SSSR count). The van der Waals surface area contributed by atoms with Crippen molar-refractivity contribution in [1.82, 2.24) is 10.2 Å². The third-order valence-electron chi connectivity index (χ3n) is 3.97. The number of hydrogen-bond donors (Lipinski definition) is 3. The molecule has 9 heteroatoms. The molecule has 0 radical (unpaired) electrons. The Hall–Kier alpha value is -3.10. The summed E-state index contributed by atoms with van der Waals surface area (Å²) in [7, 11) is 0. The number of ether oxygens (including phenoxy) is 1. The Morgan fingerprint density at radius 1 is 1.07 bits per heavy atom. The lowest BCUT2D eigenvalue weighted by Gasteiger charge is -2.27. The quantitative estimate of drug-likeness (QED) is 0.567. The fourth-order valence-electron chi connectivity index (χ4n) is 2.57. The summed E-state index contributed by atoms with van der Waals surface area (Å²) >= 11 is 0. The minimum Gasteiger partial charge on any atom is -0.481 e. The molecule has 0 aliphatic rings. The van der Waals surface area contributed by atoms with Crippen LogP contribution in [0, 0.1) is 5.92 Å². The van der Waals surface area contributed by atoms with E-state index < -0.39 is 48.0 Å². The number of amides is 2. The van der Waals surface area contributed by atoms with Crippen molar-refractivity contribution in [3.8, 4) is 0 Å². The van der Waals surface area contributed by atoms with Crippen molar-refractivity contribution in [1.29, 1.82) is 0 Å². The van der Waals surface area contributed by atoms with Gasteiger partial charge in [0.1, 0.15) is 18.2 Å². The molecule has 0 spiro atoms. The molecule has 3 N–H and O–H groups in total. The number of nitrogens with zero attached hydrogens (tertiary/aromatic N) is 1. The van der Waals surface area contributed by atoms with Crippen LogP contribution in [0.25, 0.3) is 0 Å². The van der Waals surface area contributed by atoms with E-state index >= 15 is 0 Å². The van der Waals surface area contributed by atoms with Crippen molar-refractivity contribution in [2.45, 2.75) is 45.8 Å². The molecule has 0 aliphatic heterocycles. The summed E-state index contributed by atoms with van der Waals surface area (Å²) in [6.07, 6.45) is -0.794. The second-order valence-electron chi connectivity index (χ2n) is 7.51. The first-order valence-corrected chi connectivity index (χ1v) is 9.21. The van der Waals surface area contributed by atoms with E-state index in [2.05, 4.69) is 5.32 Å². The smallest absolute Gasteiger partial charge is 0.410 e. The van der Waals surface area contributed by atoms with Gasteiger partial charge in [0.25, 0.3) is 0 Å². The molecule has 1 aromatic carbocycles. The lowest BCUT2D eigenvalue weighted by Crippen LogP contribution is -2.52. The monoisotopic (exact) mass is 408 g/mol. The number of likely N-dealkylation sites (N-methyl/N-ethyl adjacent to an activating group) is 1. The van der Waals surface area contributed by atoms with Crippen molar-refractivity contribution < 1.29 is 34.1 Å². The van der Waals surface area contributed by atoms with E-state index in [0.717, 1.165) is 4.90 Å². The van der Waals surface area contributed by atoms with Crippen molar-refractivity contribution in [3.05, 3.63) is 35.9 Å². The normalized spacial score (nSPS) is 13.1. The van der Waals surface area contributed by atoms with Crippen LogP contribution >= 0.6 is 0 Å². The van der Waals surface area contributed by atoms with Crippen LogP contribution in [0.15, 0.2) is 30.3 Å². The molecule has 0 saturated heterocycles.